The molecule has 1 aromatic carbocycles. The number of aromatic nitrogens is 5. The first-order chi connectivity index (χ1) is 16.4. The second-order valence-corrected chi connectivity index (χ2v) is 8.18. The van der Waals surface area contributed by atoms with Crippen molar-refractivity contribution in [2.24, 2.45) is 14.1 Å². The molecule has 15 heteroatoms. The molecule has 9 nitrogen and oxygen atoms in total. The van der Waals surface area contributed by atoms with Crippen LogP contribution in [0.5, 0.6) is 0 Å². The van der Waals surface area contributed by atoms with Crippen molar-refractivity contribution in [3.63, 3.8) is 0 Å². The monoisotopic (exact) mass is 512 g/mol. The molecule has 3 aromatic heterocycles. The molecule has 0 atom stereocenters. The van der Waals surface area contributed by atoms with E-state index in [1.807, 2.05) is 0 Å². The van der Waals surface area contributed by atoms with Crippen LogP contribution in [0.4, 0.5) is 27.1 Å². The van der Waals surface area contributed by atoms with Crippen LogP contribution in [-0.4, -0.2) is 30.2 Å². The van der Waals surface area contributed by atoms with E-state index < -0.39 is 46.1 Å². The third kappa shape index (κ3) is 4.29. The van der Waals surface area contributed by atoms with E-state index in [1.165, 1.54) is 25.7 Å². The number of hydrogen-bond donors (Lipinski definition) is 1. The Labute approximate surface area is 195 Å². The molecule has 0 saturated carbocycles. The van der Waals surface area contributed by atoms with Crippen molar-refractivity contribution in [2.45, 2.75) is 12.6 Å². The number of alkyl halides is 3. The summed E-state index contributed by atoms with van der Waals surface area (Å²) in [5.74, 6) is -4.26. The Kier molecular flexibility index (Phi) is 5.96. The van der Waals surface area contributed by atoms with Gasteiger partial charge in [0.2, 0.25) is 5.91 Å². The number of rotatable bonds is 4. The number of carbonyl (C=O) groups is 1. The Bertz CT molecular complexity index is 1610. The van der Waals surface area contributed by atoms with Gasteiger partial charge in [-0.05, 0) is 17.7 Å². The topological polar surface area (TPSA) is 112 Å². The maximum Gasteiger partial charge on any atom is 0.422 e. The molecule has 0 unspecified atom stereocenters. The van der Waals surface area contributed by atoms with Crippen molar-refractivity contribution in [3.05, 3.63) is 67.3 Å². The normalized spacial score (nSPS) is 11.7. The third-order valence-electron chi connectivity index (χ3n) is 5.07. The highest BCUT2D eigenvalue weighted by atomic mass is 32.1. The van der Waals surface area contributed by atoms with Crippen LogP contribution in [0, 0.1) is 11.6 Å². The molecule has 0 fully saturated rings. The van der Waals surface area contributed by atoms with Crippen LogP contribution < -0.4 is 16.6 Å². The predicted octanol–water partition coefficient (Wildman–Crippen LogP) is 2.63. The van der Waals surface area contributed by atoms with E-state index in [4.69, 9.17) is 0 Å². The van der Waals surface area contributed by atoms with Crippen molar-refractivity contribution < 1.29 is 26.7 Å². The summed E-state index contributed by atoms with van der Waals surface area (Å²) in [5.41, 5.74) is -4.04. The largest absolute Gasteiger partial charge is 0.422 e. The number of aryl methyl sites for hydroxylation is 1. The number of halogens is 5. The average Bonchev–Trinajstić information content (AvgIpc) is 3.23. The molecule has 1 N–H and O–H groups in total. The summed E-state index contributed by atoms with van der Waals surface area (Å²) in [5, 5.41) is 11.0. The van der Waals surface area contributed by atoms with Gasteiger partial charge in [-0.15, -0.1) is 16.4 Å². The lowest BCUT2D eigenvalue weighted by Crippen LogP contribution is -2.38. The van der Waals surface area contributed by atoms with Crippen LogP contribution >= 0.6 is 11.3 Å². The molecule has 3 heterocycles. The summed E-state index contributed by atoms with van der Waals surface area (Å²) in [7, 11) is 2.66. The molecule has 35 heavy (non-hydrogen) atoms. The van der Waals surface area contributed by atoms with E-state index in [0.717, 1.165) is 26.5 Å². The highest BCUT2D eigenvalue weighted by molar-refractivity contribution is 7.14. The van der Waals surface area contributed by atoms with Crippen LogP contribution in [0.3, 0.4) is 0 Å². The van der Waals surface area contributed by atoms with Crippen molar-refractivity contribution in [3.8, 4) is 11.3 Å². The number of benzene rings is 1. The number of carbonyl (C=O) groups excluding carboxylic acids is 1. The van der Waals surface area contributed by atoms with Gasteiger partial charge in [0, 0.05) is 25.0 Å². The minimum absolute atomic E-state index is 0.00708. The summed E-state index contributed by atoms with van der Waals surface area (Å²) in [6, 6.07) is 1.30. The van der Waals surface area contributed by atoms with E-state index in [0.29, 0.717) is 6.07 Å². The number of anilines is 1. The van der Waals surface area contributed by atoms with Crippen molar-refractivity contribution >= 4 is 33.4 Å². The first-order valence-corrected chi connectivity index (χ1v) is 10.5. The summed E-state index contributed by atoms with van der Waals surface area (Å²) in [6.07, 6.45) is -4.44. The van der Waals surface area contributed by atoms with E-state index >= 15 is 0 Å². The number of fused-ring (bicyclic) bond motifs is 1. The number of thiazole rings is 1. The van der Waals surface area contributed by atoms with Crippen LogP contribution in [0.25, 0.3) is 22.3 Å². The van der Waals surface area contributed by atoms with Crippen LogP contribution in [0.15, 0.2) is 33.3 Å². The Morgan fingerprint density at radius 2 is 1.86 bits per heavy atom. The molecule has 1 amide bonds. The molecule has 0 aliphatic rings. The fourth-order valence-electron chi connectivity index (χ4n) is 3.38. The molecular weight excluding hydrogens is 499 g/mol. The summed E-state index contributed by atoms with van der Waals surface area (Å²) < 4.78 is 68.9. The van der Waals surface area contributed by atoms with Gasteiger partial charge in [-0.2, -0.15) is 18.3 Å². The van der Waals surface area contributed by atoms with Gasteiger partial charge in [0.25, 0.3) is 5.56 Å². The van der Waals surface area contributed by atoms with E-state index in [-0.39, 0.29) is 33.8 Å². The molecule has 182 valence electrons. The molecule has 0 saturated heterocycles. The average molecular weight is 512 g/mol. The lowest BCUT2D eigenvalue weighted by Gasteiger charge is -2.11. The van der Waals surface area contributed by atoms with Crippen LogP contribution in [0.2, 0.25) is 0 Å². The van der Waals surface area contributed by atoms with E-state index in [9.17, 15) is 36.3 Å². The quantitative estimate of drug-likeness (QED) is 0.421. The van der Waals surface area contributed by atoms with Gasteiger partial charge in [-0.3, -0.25) is 18.7 Å². The molecule has 4 aromatic rings. The number of hydrogen-bond acceptors (Lipinski definition) is 7. The Hall–Kier alpha value is -4.01. The van der Waals surface area contributed by atoms with Gasteiger partial charge in [0.05, 0.1) is 23.7 Å². The zero-order valence-corrected chi connectivity index (χ0v) is 18.6. The number of nitrogens with zero attached hydrogens (tertiary/aromatic N) is 5. The fraction of sp³-hybridized carbons (Fsp3) is 0.200. The number of amides is 1. The molecule has 0 aliphatic carbocycles. The highest BCUT2D eigenvalue weighted by Crippen LogP contribution is 2.38. The van der Waals surface area contributed by atoms with Crippen molar-refractivity contribution in [1.29, 1.82) is 0 Å². The molecule has 4 rings (SSSR count). The van der Waals surface area contributed by atoms with Crippen molar-refractivity contribution in [2.75, 3.05) is 5.32 Å². The minimum Gasteiger partial charge on any atom is -0.302 e. The highest BCUT2D eigenvalue weighted by Gasteiger charge is 2.39. The Balaban J connectivity index is 1.62. The first-order valence-electron chi connectivity index (χ1n) is 9.61. The summed E-state index contributed by atoms with van der Waals surface area (Å²) >= 11 is 0.799. The minimum atomic E-state index is -5.25. The molecule has 0 radical (unpaired) electrons. The second-order valence-electron chi connectivity index (χ2n) is 7.32. The molecule has 0 spiro atoms. The Morgan fingerprint density at radius 3 is 2.54 bits per heavy atom. The second kappa shape index (κ2) is 8.65. The van der Waals surface area contributed by atoms with Crippen LogP contribution in [-0.2, 0) is 31.5 Å². The number of nitrogens with one attached hydrogen (secondary N) is 1. The molecule has 0 aliphatic heterocycles. The Morgan fingerprint density at radius 1 is 1.14 bits per heavy atom. The third-order valence-corrected chi connectivity index (χ3v) is 5.83. The maximum atomic E-state index is 14.4. The zero-order chi connectivity index (χ0) is 25.7. The van der Waals surface area contributed by atoms with Gasteiger partial charge >= 0.3 is 11.9 Å². The summed E-state index contributed by atoms with van der Waals surface area (Å²) in [6.45, 7) is 0. The standard InChI is InChI=1S/C20H13F5N6O3S/c1-30-16-13(17(33)31(2)19(30)34)8(6-26-29-16)5-12(32)28-18-27-11(7-35-18)9-3-4-10(21)14(15(9)22)20(23,24)25/h3-4,6-7H,5H2,1-2H3,(H,27,28,32). The lowest BCUT2D eigenvalue weighted by molar-refractivity contribution is -0.142. The van der Waals surface area contributed by atoms with Gasteiger partial charge in [0.1, 0.15) is 17.2 Å². The molecular formula is C20H13F5N6O3S. The van der Waals surface area contributed by atoms with Crippen LogP contribution in [0.1, 0.15) is 11.1 Å². The first kappa shape index (κ1) is 24.1. The van der Waals surface area contributed by atoms with Gasteiger partial charge < -0.3 is 5.32 Å². The SMILES string of the molecule is Cn1c(=O)c2c(CC(=O)Nc3nc(-c4ccc(F)c(C(F)(F)F)c4F)cs3)cnnc2n(C)c1=O. The lowest BCUT2D eigenvalue weighted by atomic mass is 10.1. The predicted molar refractivity (Wildman–Crippen MR) is 115 cm³/mol. The van der Waals surface area contributed by atoms with Gasteiger partial charge in [-0.1, -0.05) is 0 Å². The van der Waals surface area contributed by atoms with Gasteiger partial charge in [-0.25, -0.2) is 18.6 Å². The van der Waals surface area contributed by atoms with E-state index in [1.54, 1.807) is 0 Å². The maximum absolute atomic E-state index is 14.4. The van der Waals surface area contributed by atoms with Crippen molar-refractivity contribution in [1.82, 2.24) is 24.3 Å². The zero-order valence-electron chi connectivity index (χ0n) is 17.8. The summed E-state index contributed by atoms with van der Waals surface area (Å²) in [4.78, 5) is 41.1. The van der Waals surface area contributed by atoms with E-state index in [2.05, 4.69) is 20.5 Å². The molecule has 0 bridgehead atoms. The fourth-order valence-corrected chi connectivity index (χ4v) is 4.11. The smallest absolute Gasteiger partial charge is 0.302 e. The van der Waals surface area contributed by atoms with Gasteiger partial charge in [0.15, 0.2) is 10.8 Å².